The zero-order valence-corrected chi connectivity index (χ0v) is 12.9. The van der Waals surface area contributed by atoms with E-state index in [0.717, 1.165) is 13.0 Å². The quantitative estimate of drug-likeness (QED) is 0.540. The van der Waals surface area contributed by atoms with Crippen LogP contribution in [0.1, 0.15) is 79.1 Å². The van der Waals surface area contributed by atoms with Crippen molar-refractivity contribution in [2.45, 2.75) is 79.1 Å². The molecule has 0 bridgehead atoms. The number of rotatable bonds is 11. The van der Waals surface area contributed by atoms with Gasteiger partial charge in [-0.1, -0.05) is 65.7 Å². The highest BCUT2D eigenvalue weighted by Crippen LogP contribution is 2.19. The first kappa shape index (κ1) is 17.5. The molecular formula is C16H33NO. The van der Waals surface area contributed by atoms with Crippen molar-refractivity contribution in [1.29, 1.82) is 0 Å². The van der Waals surface area contributed by atoms with Crippen molar-refractivity contribution in [3.63, 3.8) is 0 Å². The Balaban J connectivity index is 3.52. The van der Waals surface area contributed by atoms with Gasteiger partial charge in [-0.25, -0.2) is 0 Å². The van der Waals surface area contributed by atoms with Crippen molar-refractivity contribution >= 4 is 5.91 Å². The summed E-state index contributed by atoms with van der Waals surface area (Å²) in [6.45, 7) is 9.30. The molecule has 0 unspecified atom stereocenters. The Labute approximate surface area is 114 Å². The molecule has 18 heavy (non-hydrogen) atoms. The maximum Gasteiger partial charge on any atom is 0.222 e. The number of carbonyl (C=O) groups excluding carboxylic acids is 1. The normalized spacial score (nSPS) is 14.2. The van der Waals surface area contributed by atoms with Crippen molar-refractivity contribution in [2.24, 2.45) is 11.8 Å². The lowest BCUT2D eigenvalue weighted by atomic mass is 9.92. The van der Waals surface area contributed by atoms with Gasteiger partial charge in [-0.2, -0.15) is 0 Å². The second-order valence-corrected chi connectivity index (χ2v) is 5.69. The fourth-order valence-electron chi connectivity index (χ4n) is 2.45. The van der Waals surface area contributed by atoms with Gasteiger partial charge < -0.3 is 5.32 Å². The van der Waals surface area contributed by atoms with Crippen LogP contribution in [0.25, 0.3) is 0 Å². The predicted octanol–water partition coefficient (Wildman–Crippen LogP) is 4.54. The first-order chi connectivity index (χ1) is 8.61. The van der Waals surface area contributed by atoms with Crippen molar-refractivity contribution in [3.05, 3.63) is 0 Å². The van der Waals surface area contributed by atoms with Crippen LogP contribution in [0.4, 0.5) is 0 Å². The first-order valence-corrected chi connectivity index (χ1v) is 7.89. The molecular weight excluding hydrogens is 222 g/mol. The Kier molecular flexibility index (Phi) is 11.2. The standard InChI is InChI=1S/C16H33NO/c1-5-7-8-9-10-11-12-14(3)13-15(4)16(18)17-6-2/h14-15H,5-13H2,1-4H3,(H,17,18)/t14-,15-/m1/s1. The van der Waals surface area contributed by atoms with E-state index in [1.54, 1.807) is 0 Å². The van der Waals surface area contributed by atoms with E-state index < -0.39 is 0 Å². The topological polar surface area (TPSA) is 29.1 Å². The maximum atomic E-state index is 11.6. The summed E-state index contributed by atoms with van der Waals surface area (Å²) in [4.78, 5) is 11.6. The van der Waals surface area contributed by atoms with Gasteiger partial charge in [0.1, 0.15) is 0 Å². The molecule has 1 N–H and O–H groups in total. The van der Waals surface area contributed by atoms with Crippen LogP contribution < -0.4 is 5.32 Å². The van der Waals surface area contributed by atoms with E-state index in [1.807, 2.05) is 13.8 Å². The van der Waals surface area contributed by atoms with E-state index in [2.05, 4.69) is 19.2 Å². The number of nitrogens with one attached hydrogen (secondary N) is 1. The first-order valence-electron chi connectivity index (χ1n) is 7.89. The summed E-state index contributed by atoms with van der Waals surface area (Å²) in [5, 5.41) is 2.90. The molecule has 2 heteroatoms. The van der Waals surface area contributed by atoms with Crippen molar-refractivity contribution < 1.29 is 4.79 Å². The maximum absolute atomic E-state index is 11.6. The van der Waals surface area contributed by atoms with Crippen LogP contribution in [0.2, 0.25) is 0 Å². The molecule has 0 heterocycles. The van der Waals surface area contributed by atoms with E-state index in [-0.39, 0.29) is 11.8 Å². The molecule has 0 saturated heterocycles. The summed E-state index contributed by atoms with van der Waals surface area (Å²) < 4.78 is 0. The van der Waals surface area contributed by atoms with Crippen LogP contribution >= 0.6 is 0 Å². The smallest absolute Gasteiger partial charge is 0.222 e. The molecule has 0 fully saturated rings. The minimum absolute atomic E-state index is 0.167. The minimum atomic E-state index is 0.167. The molecule has 2 atom stereocenters. The van der Waals surface area contributed by atoms with Gasteiger partial charge in [0.25, 0.3) is 0 Å². The van der Waals surface area contributed by atoms with E-state index in [1.165, 1.54) is 44.9 Å². The fourth-order valence-corrected chi connectivity index (χ4v) is 2.45. The monoisotopic (exact) mass is 255 g/mol. The van der Waals surface area contributed by atoms with Gasteiger partial charge in [-0.15, -0.1) is 0 Å². The number of hydrogen-bond acceptors (Lipinski definition) is 1. The van der Waals surface area contributed by atoms with Gasteiger partial charge in [0.15, 0.2) is 0 Å². The summed E-state index contributed by atoms with van der Waals surface area (Å²) in [6.07, 6.45) is 10.5. The highest BCUT2D eigenvalue weighted by Gasteiger charge is 2.15. The number of carbonyl (C=O) groups is 1. The van der Waals surface area contributed by atoms with E-state index in [9.17, 15) is 4.79 Å². The number of hydrogen-bond donors (Lipinski definition) is 1. The van der Waals surface area contributed by atoms with Gasteiger partial charge in [0, 0.05) is 12.5 Å². The Morgan fingerprint density at radius 2 is 1.61 bits per heavy atom. The van der Waals surface area contributed by atoms with Crippen molar-refractivity contribution in [1.82, 2.24) is 5.32 Å². The van der Waals surface area contributed by atoms with Crippen molar-refractivity contribution in [3.8, 4) is 0 Å². The van der Waals surface area contributed by atoms with E-state index in [0.29, 0.717) is 5.92 Å². The fraction of sp³-hybridized carbons (Fsp3) is 0.938. The predicted molar refractivity (Wildman–Crippen MR) is 79.6 cm³/mol. The molecule has 0 radical (unpaired) electrons. The number of unbranched alkanes of at least 4 members (excludes halogenated alkanes) is 5. The third-order valence-corrected chi connectivity index (χ3v) is 3.60. The highest BCUT2D eigenvalue weighted by molar-refractivity contribution is 5.78. The summed E-state index contributed by atoms with van der Waals surface area (Å²) in [5.74, 6) is 1.06. The lowest BCUT2D eigenvalue weighted by molar-refractivity contribution is -0.124. The number of amides is 1. The van der Waals surface area contributed by atoms with Crippen LogP contribution in [0.3, 0.4) is 0 Å². The van der Waals surface area contributed by atoms with Crippen molar-refractivity contribution in [2.75, 3.05) is 6.54 Å². The molecule has 0 spiro atoms. The third kappa shape index (κ3) is 9.49. The molecule has 2 nitrogen and oxygen atoms in total. The molecule has 0 aromatic carbocycles. The molecule has 0 aliphatic heterocycles. The second-order valence-electron chi connectivity index (χ2n) is 5.69. The zero-order valence-electron chi connectivity index (χ0n) is 12.9. The van der Waals surface area contributed by atoms with E-state index in [4.69, 9.17) is 0 Å². The summed E-state index contributed by atoms with van der Waals surface area (Å²) in [6, 6.07) is 0. The average Bonchev–Trinajstić information content (AvgIpc) is 2.33. The average molecular weight is 255 g/mol. The van der Waals surface area contributed by atoms with Crippen LogP contribution in [-0.4, -0.2) is 12.5 Å². The molecule has 1 amide bonds. The Morgan fingerprint density at radius 3 is 2.22 bits per heavy atom. The molecule has 0 rings (SSSR count). The molecule has 0 aromatic heterocycles. The molecule has 0 aliphatic rings. The van der Waals surface area contributed by atoms with Crippen LogP contribution in [0, 0.1) is 11.8 Å². The van der Waals surface area contributed by atoms with Gasteiger partial charge in [-0.05, 0) is 19.3 Å². The zero-order chi connectivity index (χ0) is 13.8. The summed E-state index contributed by atoms with van der Waals surface area (Å²) in [7, 11) is 0. The van der Waals surface area contributed by atoms with Gasteiger partial charge in [0.05, 0.1) is 0 Å². The van der Waals surface area contributed by atoms with Gasteiger partial charge in [-0.3, -0.25) is 4.79 Å². The van der Waals surface area contributed by atoms with Crippen LogP contribution in [0.15, 0.2) is 0 Å². The van der Waals surface area contributed by atoms with Gasteiger partial charge >= 0.3 is 0 Å². The minimum Gasteiger partial charge on any atom is -0.356 e. The highest BCUT2D eigenvalue weighted by atomic mass is 16.1. The summed E-state index contributed by atoms with van der Waals surface area (Å²) >= 11 is 0. The molecule has 0 aliphatic carbocycles. The second kappa shape index (κ2) is 11.6. The van der Waals surface area contributed by atoms with E-state index >= 15 is 0 Å². The largest absolute Gasteiger partial charge is 0.356 e. The Morgan fingerprint density at radius 1 is 1.00 bits per heavy atom. The summed E-state index contributed by atoms with van der Waals surface area (Å²) in [5.41, 5.74) is 0. The third-order valence-electron chi connectivity index (χ3n) is 3.60. The van der Waals surface area contributed by atoms with Gasteiger partial charge in [0.2, 0.25) is 5.91 Å². The van der Waals surface area contributed by atoms with Crippen LogP contribution in [0.5, 0.6) is 0 Å². The lowest BCUT2D eigenvalue weighted by Gasteiger charge is -2.16. The molecule has 108 valence electrons. The molecule has 0 aromatic rings. The molecule has 0 saturated carbocycles. The van der Waals surface area contributed by atoms with Crippen LogP contribution in [-0.2, 0) is 4.79 Å². The SMILES string of the molecule is CCCCCCCC[C@@H](C)C[C@@H](C)C(=O)NCC. The lowest BCUT2D eigenvalue weighted by Crippen LogP contribution is -2.29. The Bertz CT molecular complexity index is 203. The Hall–Kier alpha value is -0.530.